The molecule has 29 heavy (non-hydrogen) atoms. The third kappa shape index (κ3) is 3.47. The van der Waals surface area contributed by atoms with E-state index < -0.39 is 5.79 Å². The first-order valence-electron chi connectivity index (χ1n) is 10.1. The molecule has 2 aliphatic rings. The van der Waals surface area contributed by atoms with E-state index >= 15 is 0 Å². The number of likely N-dealkylation sites (N-methyl/N-ethyl adjacent to an activating group) is 1. The van der Waals surface area contributed by atoms with Gasteiger partial charge in [-0.2, -0.15) is 0 Å². The molecule has 0 spiro atoms. The molecule has 0 aliphatic carbocycles. The standard InChI is InChI=1S/C23H24Cl2N2O2/c1-26-10-8-19-20-14-18(25)6-7-21(20)27(22(19)9-11-26)15-23(28-12-13-29-23)16-2-4-17(24)5-3-16/h2-7,14H,8-13,15H2,1H3. The number of ether oxygens (including phenoxy) is 2. The van der Waals surface area contributed by atoms with Gasteiger partial charge in [0.1, 0.15) is 0 Å². The molecule has 2 aromatic carbocycles. The summed E-state index contributed by atoms with van der Waals surface area (Å²) in [5.74, 6) is -0.803. The van der Waals surface area contributed by atoms with E-state index in [9.17, 15) is 0 Å². The van der Waals surface area contributed by atoms with Crippen LogP contribution in [0, 0.1) is 0 Å². The van der Waals surface area contributed by atoms with Crippen LogP contribution in [0.15, 0.2) is 42.5 Å². The minimum absolute atomic E-state index is 0.582. The summed E-state index contributed by atoms with van der Waals surface area (Å²) in [4.78, 5) is 2.39. The van der Waals surface area contributed by atoms with Gasteiger partial charge in [0.25, 0.3) is 0 Å². The molecule has 0 unspecified atom stereocenters. The molecule has 0 saturated carbocycles. The van der Waals surface area contributed by atoms with Crippen LogP contribution in [-0.4, -0.2) is 42.8 Å². The van der Waals surface area contributed by atoms with Crippen molar-refractivity contribution >= 4 is 34.1 Å². The minimum Gasteiger partial charge on any atom is -0.342 e. The monoisotopic (exact) mass is 430 g/mol. The highest BCUT2D eigenvalue weighted by Crippen LogP contribution is 2.38. The van der Waals surface area contributed by atoms with Crippen LogP contribution in [0.5, 0.6) is 0 Å². The van der Waals surface area contributed by atoms with Gasteiger partial charge >= 0.3 is 0 Å². The van der Waals surface area contributed by atoms with Gasteiger partial charge < -0.3 is 18.9 Å². The molecule has 0 bridgehead atoms. The van der Waals surface area contributed by atoms with E-state index in [4.69, 9.17) is 32.7 Å². The maximum Gasteiger partial charge on any atom is 0.213 e. The summed E-state index contributed by atoms with van der Waals surface area (Å²) >= 11 is 12.5. The van der Waals surface area contributed by atoms with Gasteiger partial charge in [0.2, 0.25) is 5.79 Å². The third-order valence-electron chi connectivity index (χ3n) is 6.13. The van der Waals surface area contributed by atoms with E-state index in [0.717, 1.165) is 36.5 Å². The lowest BCUT2D eigenvalue weighted by Crippen LogP contribution is -2.33. The van der Waals surface area contributed by atoms with Crippen LogP contribution in [0.3, 0.4) is 0 Å². The Hall–Kier alpha value is -1.56. The molecule has 4 nitrogen and oxygen atoms in total. The van der Waals surface area contributed by atoms with E-state index in [2.05, 4.69) is 28.6 Å². The van der Waals surface area contributed by atoms with Crippen LogP contribution in [0.1, 0.15) is 16.8 Å². The summed E-state index contributed by atoms with van der Waals surface area (Å²) in [6.07, 6.45) is 2.01. The Morgan fingerprint density at radius 2 is 1.62 bits per heavy atom. The molecule has 3 heterocycles. The maximum absolute atomic E-state index is 6.37. The zero-order valence-electron chi connectivity index (χ0n) is 16.5. The molecule has 1 fully saturated rings. The van der Waals surface area contributed by atoms with Crippen LogP contribution in [0.2, 0.25) is 10.0 Å². The van der Waals surface area contributed by atoms with E-state index in [1.54, 1.807) is 0 Å². The summed E-state index contributed by atoms with van der Waals surface area (Å²) in [5, 5.41) is 2.72. The Bertz CT molecular complexity index is 1040. The van der Waals surface area contributed by atoms with Crippen LogP contribution in [-0.2, 0) is 34.6 Å². The third-order valence-corrected chi connectivity index (χ3v) is 6.61. The van der Waals surface area contributed by atoms with Crippen molar-refractivity contribution in [1.29, 1.82) is 0 Å². The van der Waals surface area contributed by atoms with Crippen molar-refractivity contribution in [1.82, 2.24) is 9.47 Å². The number of benzene rings is 2. The molecule has 1 aromatic heterocycles. The van der Waals surface area contributed by atoms with Gasteiger partial charge in [0.05, 0.1) is 19.8 Å². The van der Waals surface area contributed by atoms with Gasteiger partial charge in [-0.3, -0.25) is 0 Å². The van der Waals surface area contributed by atoms with E-state index in [1.165, 1.54) is 22.2 Å². The minimum atomic E-state index is -0.803. The lowest BCUT2D eigenvalue weighted by Gasteiger charge is -2.30. The van der Waals surface area contributed by atoms with Crippen molar-refractivity contribution in [3.05, 3.63) is 69.3 Å². The van der Waals surface area contributed by atoms with Crippen molar-refractivity contribution in [2.24, 2.45) is 0 Å². The Morgan fingerprint density at radius 3 is 2.38 bits per heavy atom. The van der Waals surface area contributed by atoms with Gasteiger partial charge in [0, 0.05) is 51.7 Å². The smallest absolute Gasteiger partial charge is 0.213 e. The molecule has 0 N–H and O–H groups in total. The summed E-state index contributed by atoms with van der Waals surface area (Å²) in [5.41, 5.74) is 4.95. The van der Waals surface area contributed by atoms with Gasteiger partial charge in [-0.1, -0.05) is 35.3 Å². The number of rotatable bonds is 3. The molecular formula is C23H24Cl2N2O2. The molecule has 152 valence electrons. The fraction of sp³-hybridized carbons (Fsp3) is 0.391. The second-order valence-electron chi connectivity index (χ2n) is 7.93. The van der Waals surface area contributed by atoms with E-state index in [0.29, 0.717) is 24.8 Å². The van der Waals surface area contributed by atoms with Crippen molar-refractivity contribution in [2.75, 3.05) is 33.4 Å². The fourth-order valence-electron chi connectivity index (χ4n) is 4.62. The molecule has 1 saturated heterocycles. The van der Waals surface area contributed by atoms with Gasteiger partial charge in [-0.25, -0.2) is 0 Å². The van der Waals surface area contributed by atoms with Crippen molar-refractivity contribution in [2.45, 2.75) is 25.2 Å². The molecule has 3 aromatic rings. The molecular weight excluding hydrogens is 407 g/mol. The molecule has 5 rings (SSSR count). The van der Waals surface area contributed by atoms with Crippen LogP contribution < -0.4 is 0 Å². The van der Waals surface area contributed by atoms with Crippen molar-refractivity contribution in [3.63, 3.8) is 0 Å². The predicted octanol–water partition coefficient (Wildman–Crippen LogP) is 4.88. The Labute approximate surface area is 180 Å². The van der Waals surface area contributed by atoms with Gasteiger partial charge in [-0.15, -0.1) is 0 Å². The number of halogens is 2. The number of aromatic nitrogens is 1. The maximum atomic E-state index is 6.37. The summed E-state index contributed by atoms with van der Waals surface area (Å²) in [7, 11) is 2.18. The molecule has 0 atom stereocenters. The second kappa shape index (κ2) is 7.60. The Balaban J connectivity index is 1.65. The number of nitrogens with zero attached hydrogens (tertiary/aromatic N) is 2. The van der Waals surface area contributed by atoms with Crippen molar-refractivity contribution < 1.29 is 9.47 Å². The predicted molar refractivity (Wildman–Crippen MR) is 117 cm³/mol. The summed E-state index contributed by atoms with van der Waals surface area (Å²) in [6.45, 7) is 3.85. The topological polar surface area (TPSA) is 26.6 Å². The molecule has 0 radical (unpaired) electrons. The first-order valence-corrected chi connectivity index (χ1v) is 10.8. The number of hydrogen-bond acceptors (Lipinski definition) is 3. The normalized spacial score (nSPS) is 19.4. The SMILES string of the molecule is CN1CCc2c(n(CC3(c4ccc(Cl)cc4)OCCO3)c3ccc(Cl)cc23)CC1. The largest absolute Gasteiger partial charge is 0.342 e. The summed E-state index contributed by atoms with van der Waals surface area (Å²) in [6, 6.07) is 14.0. The highest BCUT2D eigenvalue weighted by Gasteiger charge is 2.40. The molecule has 6 heteroatoms. The average Bonchev–Trinajstić information content (AvgIpc) is 3.23. The second-order valence-corrected chi connectivity index (χ2v) is 8.81. The summed E-state index contributed by atoms with van der Waals surface area (Å²) < 4.78 is 14.9. The lowest BCUT2D eigenvalue weighted by molar-refractivity contribution is -0.175. The Morgan fingerprint density at radius 1 is 0.931 bits per heavy atom. The first-order chi connectivity index (χ1) is 14.1. The van der Waals surface area contributed by atoms with Crippen LogP contribution in [0.25, 0.3) is 10.9 Å². The van der Waals surface area contributed by atoms with Gasteiger partial charge in [-0.05, 0) is 49.4 Å². The van der Waals surface area contributed by atoms with Crippen LogP contribution >= 0.6 is 23.2 Å². The zero-order chi connectivity index (χ0) is 20.0. The van der Waals surface area contributed by atoms with Gasteiger partial charge in [0.15, 0.2) is 0 Å². The van der Waals surface area contributed by atoms with E-state index in [1.807, 2.05) is 30.3 Å². The Kier molecular flexibility index (Phi) is 5.09. The van der Waals surface area contributed by atoms with Crippen LogP contribution in [0.4, 0.5) is 0 Å². The quantitative estimate of drug-likeness (QED) is 0.592. The molecule has 2 aliphatic heterocycles. The number of fused-ring (bicyclic) bond motifs is 3. The zero-order valence-corrected chi connectivity index (χ0v) is 18.0. The number of hydrogen-bond donors (Lipinski definition) is 0. The average molecular weight is 431 g/mol. The van der Waals surface area contributed by atoms with E-state index in [-0.39, 0.29) is 0 Å². The highest BCUT2D eigenvalue weighted by atomic mass is 35.5. The molecule has 0 amide bonds. The lowest BCUT2D eigenvalue weighted by atomic mass is 10.1. The highest BCUT2D eigenvalue weighted by molar-refractivity contribution is 6.31. The first kappa shape index (κ1) is 19.4. The van der Waals surface area contributed by atoms with Crippen molar-refractivity contribution in [3.8, 4) is 0 Å². The fourth-order valence-corrected chi connectivity index (χ4v) is 4.92.